The van der Waals surface area contributed by atoms with Crippen molar-refractivity contribution in [3.05, 3.63) is 29.6 Å². The second-order valence-electron chi connectivity index (χ2n) is 5.40. The van der Waals surface area contributed by atoms with E-state index in [0.29, 0.717) is 17.6 Å². The van der Waals surface area contributed by atoms with E-state index >= 15 is 0 Å². The van der Waals surface area contributed by atoms with E-state index in [0.717, 1.165) is 23.6 Å². The number of hydrogen-bond donors (Lipinski definition) is 1. The lowest BCUT2D eigenvalue weighted by molar-refractivity contribution is -0.286. The van der Waals surface area contributed by atoms with Gasteiger partial charge in [0.1, 0.15) is 6.61 Å². The van der Waals surface area contributed by atoms with Gasteiger partial charge in [0, 0.05) is 11.8 Å². The highest BCUT2D eigenvalue weighted by atomic mass is 32.2. The van der Waals surface area contributed by atoms with E-state index in [2.05, 4.69) is 19.7 Å². The Balaban J connectivity index is 1.49. The Bertz CT molecular complexity index is 749. The van der Waals surface area contributed by atoms with Gasteiger partial charge >= 0.3 is 6.29 Å². The molecule has 2 heterocycles. The number of halogens is 2. The molecule has 0 atom stereocenters. The van der Waals surface area contributed by atoms with Crippen LogP contribution in [0.5, 0.6) is 11.5 Å². The number of alkyl halides is 2. The van der Waals surface area contributed by atoms with Gasteiger partial charge in [-0.3, -0.25) is 0 Å². The molecule has 2 aliphatic rings. The maximum atomic E-state index is 13.0. The molecule has 6 nitrogen and oxygen atoms in total. The molecule has 1 aliphatic carbocycles. The molecule has 1 aromatic carbocycles. The summed E-state index contributed by atoms with van der Waals surface area (Å²) >= 11 is 1.44. The maximum Gasteiger partial charge on any atom is 0.586 e. The van der Waals surface area contributed by atoms with E-state index in [1.807, 2.05) is 4.57 Å². The predicted octanol–water partition coefficient (Wildman–Crippen LogP) is 2.72. The van der Waals surface area contributed by atoms with Gasteiger partial charge < -0.3 is 19.1 Å². The molecule has 0 spiro atoms. The lowest BCUT2D eigenvalue weighted by atomic mass is 10.2. The third kappa shape index (κ3) is 2.86. The average molecular weight is 341 g/mol. The Hall–Kier alpha value is -1.87. The Labute approximate surface area is 134 Å². The minimum atomic E-state index is -3.60. The molecule has 1 saturated carbocycles. The zero-order valence-corrected chi connectivity index (χ0v) is 12.7. The molecule has 1 N–H and O–H groups in total. The van der Waals surface area contributed by atoms with Crippen molar-refractivity contribution in [2.75, 3.05) is 0 Å². The minimum Gasteiger partial charge on any atom is -0.395 e. The fourth-order valence-electron chi connectivity index (χ4n) is 2.44. The standard InChI is InChI=1S/C14H13F2N3O3S/c15-14(16)21-10-4-1-8(5-11(10)22-14)7-23-13-18-17-12(6-20)19(13)9-2-3-9/h1,4-5,9,20H,2-3,6-7H2. The summed E-state index contributed by atoms with van der Waals surface area (Å²) in [5.41, 5.74) is 0.811. The summed E-state index contributed by atoms with van der Waals surface area (Å²) in [5.74, 6) is 1.15. The van der Waals surface area contributed by atoms with Crippen LogP contribution in [0.2, 0.25) is 0 Å². The van der Waals surface area contributed by atoms with Gasteiger partial charge in [-0.05, 0) is 30.5 Å². The fraction of sp³-hybridized carbons (Fsp3) is 0.429. The van der Waals surface area contributed by atoms with E-state index in [1.165, 1.54) is 23.9 Å². The number of aliphatic hydroxyl groups excluding tert-OH is 1. The molecule has 0 saturated heterocycles. The molecule has 4 rings (SSSR count). The van der Waals surface area contributed by atoms with Crippen molar-refractivity contribution in [2.24, 2.45) is 0 Å². The molecule has 9 heteroatoms. The topological polar surface area (TPSA) is 69.4 Å². The molecule has 23 heavy (non-hydrogen) atoms. The van der Waals surface area contributed by atoms with Crippen molar-refractivity contribution in [2.45, 2.75) is 42.7 Å². The SMILES string of the molecule is OCc1nnc(SCc2ccc3c(c2)OC(F)(F)O3)n1C1CC1. The van der Waals surface area contributed by atoms with Crippen LogP contribution in [-0.2, 0) is 12.4 Å². The lowest BCUT2D eigenvalue weighted by Gasteiger charge is -2.07. The van der Waals surface area contributed by atoms with Crippen LogP contribution >= 0.6 is 11.8 Å². The first kappa shape index (κ1) is 14.7. The monoisotopic (exact) mass is 341 g/mol. The van der Waals surface area contributed by atoms with E-state index in [1.54, 1.807) is 6.07 Å². The van der Waals surface area contributed by atoms with Crippen molar-refractivity contribution >= 4 is 11.8 Å². The van der Waals surface area contributed by atoms with Crippen LogP contribution in [0.25, 0.3) is 0 Å². The van der Waals surface area contributed by atoms with Crippen LogP contribution in [0.15, 0.2) is 23.4 Å². The number of thioether (sulfide) groups is 1. The zero-order chi connectivity index (χ0) is 16.0. The quantitative estimate of drug-likeness (QED) is 0.844. The molecule has 1 aliphatic heterocycles. The molecule has 0 bridgehead atoms. The third-order valence-electron chi connectivity index (χ3n) is 3.62. The largest absolute Gasteiger partial charge is 0.586 e. The number of rotatable bonds is 5. The third-order valence-corrected chi connectivity index (χ3v) is 4.64. The molecular weight excluding hydrogens is 328 g/mol. The van der Waals surface area contributed by atoms with Crippen molar-refractivity contribution in [3.8, 4) is 11.5 Å². The van der Waals surface area contributed by atoms with Crippen LogP contribution in [-0.4, -0.2) is 26.2 Å². The van der Waals surface area contributed by atoms with Gasteiger partial charge in [0.2, 0.25) is 0 Å². The smallest absolute Gasteiger partial charge is 0.395 e. The summed E-state index contributed by atoms with van der Waals surface area (Å²) in [6.45, 7) is -0.150. The summed E-state index contributed by atoms with van der Waals surface area (Å²) in [6.07, 6.45) is -1.49. The van der Waals surface area contributed by atoms with Gasteiger partial charge in [-0.1, -0.05) is 17.8 Å². The van der Waals surface area contributed by atoms with Crippen LogP contribution in [0.4, 0.5) is 8.78 Å². The Kier molecular flexibility index (Phi) is 3.42. The molecule has 122 valence electrons. The summed E-state index contributed by atoms with van der Waals surface area (Å²) < 4.78 is 36.8. The van der Waals surface area contributed by atoms with E-state index in [4.69, 9.17) is 0 Å². The molecular formula is C14H13F2N3O3S. The van der Waals surface area contributed by atoms with Gasteiger partial charge in [-0.2, -0.15) is 0 Å². The highest BCUT2D eigenvalue weighted by molar-refractivity contribution is 7.98. The summed E-state index contributed by atoms with van der Waals surface area (Å²) in [4.78, 5) is 0. The van der Waals surface area contributed by atoms with E-state index in [9.17, 15) is 13.9 Å². The first-order valence-corrected chi connectivity index (χ1v) is 8.10. The average Bonchev–Trinajstić information content (AvgIpc) is 3.18. The molecule has 1 aromatic heterocycles. The zero-order valence-electron chi connectivity index (χ0n) is 11.9. The molecule has 0 unspecified atom stereocenters. The Morgan fingerprint density at radius 1 is 1.26 bits per heavy atom. The van der Waals surface area contributed by atoms with Crippen LogP contribution in [0, 0.1) is 0 Å². The van der Waals surface area contributed by atoms with Crippen molar-refractivity contribution in [3.63, 3.8) is 0 Å². The number of fused-ring (bicyclic) bond motifs is 1. The highest BCUT2D eigenvalue weighted by Crippen LogP contribution is 2.42. The van der Waals surface area contributed by atoms with Gasteiger partial charge in [-0.25, -0.2) is 0 Å². The van der Waals surface area contributed by atoms with Gasteiger partial charge in [0.05, 0.1) is 0 Å². The van der Waals surface area contributed by atoms with Crippen LogP contribution in [0.1, 0.15) is 30.3 Å². The number of benzene rings is 1. The predicted molar refractivity (Wildman–Crippen MR) is 76.4 cm³/mol. The second kappa shape index (κ2) is 5.34. The second-order valence-corrected chi connectivity index (χ2v) is 6.34. The number of ether oxygens (including phenoxy) is 2. The summed E-state index contributed by atoms with van der Waals surface area (Å²) in [7, 11) is 0. The van der Waals surface area contributed by atoms with Crippen molar-refractivity contribution < 1.29 is 23.4 Å². The van der Waals surface area contributed by atoms with Crippen LogP contribution < -0.4 is 9.47 Å². The molecule has 0 radical (unpaired) electrons. The summed E-state index contributed by atoms with van der Waals surface area (Å²) in [6, 6.07) is 5.07. The van der Waals surface area contributed by atoms with Crippen molar-refractivity contribution in [1.29, 1.82) is 0 Å². The molecule has 1 fully saturated rings. The first-order chi connectivity index (χ1) is 11.1. The fourth-order valence-corrected chi connectivity index (χ4v) is 3.41. The molecule has 2 aromatic rings. The maximum absolute atomic E-state index is 13.0. The normalized spacial score (nSPS) is 18.4. The highest BCUT2D eigenvalue weighted by Gasteiger charge is 2.43. The van der Waals surface area contributed by atoms with Crippen molar-refractivity contribution in [1.82, 2.24) is 14.8 Å². The first-order valence-electron chi connectivity index (χ1n) is 7.12. The lowest BCUT2D eigenvalue weighted by Crippen LogP contribution is -2.25. The minimum absolute atomic E-state index is 0.0347. The summed E-state index contributed by atoms with van der Waals surface area (Å²) in [5, 5.41) is 18.1. The van der Waals surface area contributed by atoms with E-state index < -0.39 is 6.29 Å². The van der Waals surface area contributed by atoms with Gasteiger partial charge in [0.25, 0.3) is 0 Å². The number of aromatic nitrogens is 3. The van der Waals surface area contributed by atoms with Gasteiger partial charge in [-0.15, -0.1) is 19.0 Å². The molecule has 0 amide bonds. The van der Waals surface area contributed by atoms with Crippen LogP contribution in [0.3, 0.4) is 0 Å². The van der Waals surface area contributed by atoms with E-state index in [-0.39, 0.29) is 18.1 Å². The Morgan fingerprint density at radius 3 is 2.78 bits per heavy atom. The van der Waals surface area contributed by atoms with Gasteiger partial charge in [0.15, 0.2) is 22.5 Å². The number of hydrogen-bond acceptors (Lipinski definition) is 6. The number of nitrogens with zero attached hydrogens (tertiary/aromatic N) is 3. The Morgan fingerprint density at radius 2 is 2.04 bits per heavy atom. The number of aliphatic hydroxyl groups is 1.